The number of hydrogen-bond acceptors (Lipinski definition) is 2. The third kappa shape index (κ3) is 2.57. The first-order valence-corrected chi connectivity index (χ1v) is 5.18. The molecule has 1 aromatic carbocycles. The fourth-order valence-electron chi connectivity index (χ4n) is 1.58. The van der Waals surface area contributed by atoms with Gasteiger partial charge in [0, 0.05) is 18.1 Å². The lowest BCUT2D eigenvalue weighted by Gasteiger charge is -2.04. The summed E-state index contributed by atoms with van der Waals surface area (Å²) in [4.78, 5) is 4.03. The van der Waals surface area contributed by atoms with Gasteiger partial charge in [-0.2, -0.15) is 0 Å². The van der Waals surface area contributed by atoms with E-state index in [1.165, 1.54) is 12.1 Å². The summed E-state index contributed by atoms with van der Waals surface area (Å²) in [6, 6.07) is 8.33. The van der Waals surface area contributed by atoms with Crippen LogP contribution in [0.15, 0.2) is 42.7 Å². The summed E-state index contributed by atoms with van der Waals surface area (Å²) in [5.74, 6) is -0.204. The van der Waals surface area contributed by atoms with E-state index in [9.17, 15) is 4.39 Å². The van der Waals surface area contributed by atoms with E-state index in [4.69, 9.17) is 5.73 Å². The molecule has 1 aromatic heterocycles. The summed E-state index contributed by atoms with van der Waals surface area (Å²) < 4.78 is 12.7. The van der Waals surface area contributed by atoms with Crippen LogP contribution < -0.4 is 5.73 Å². The minimum absolute atomic E-state index is 0.204. The highest BCUT2D eigenvalue weighted by Crippen LogP contribution is 2.13. The highest BCUT2D eigenvalue weighted by atomic mass is 19.1. The molecule has 0 saturated heterocycles. The number of halogens is 1. The van der Waals surface area contributed by atoms with Gasteiger partial charge in [-0.1, -0.05) is 12.1 Å². The second-order valence-corrected chi connectivity index (χ2v) is 3.70. The van der Waals surface area contributed by atoms with E-state index < -0.39 is 0 Å². The number of hydrogen-bond donors (Lipinski definition) is 1. The van der Waals surface area contributed by atoms with Crippen molar-refractivity contribution in [3.63, 3.8) is 0 Å². The topological polar surface area (TPSA) is 38.9 Å². The van der Waals surface area contributed by atoms with E-state index in [1.807, 2.05) is 0 Å². The summed E-state index contributed by atoms with van der Waals surface area (Å²) in [7, 11) is 0. The molecule has 0 bridgehead atoms. The first kappa shape index (κ1) is 10.6. The van der Waals surface area contributed by atoms with Crippen molar-refractivity contribution in [2.45, 2.75) is 12.8 Å². The van der Waals surface area contributed by atoms with Crippen molar-refractivity contribution in [2.24, 2.45) is 0 Å². The van der Waals surface area contributed by atoms with Gasteiger partial charge >= 0.3 is 0 Å². The van der Waals surface area contributed by atoms with Crippen LogP contribution in [0.3, 0.4) is 0 Å². The van der Waals surface area contributed by atoms with Crippen molar-refractivity contribution in [1.29, 1.82) is 0 Å². The molecule has 2 nitrogen and oxygen atoms in total. The van der Waals surface area contributed by atoms with Crippen LogP contribution in [0.5, 0.6) is 0 Å². The fraction of sp³-hybridized carbons (Fsp3) is 0.154. The Morgan fingerprint density at radius 2 is 1.81 bits per heavy atom. The Morgan fingerprint density at radius 1 is 1.06 bits per heavy atom. The molecule has 0 radical (unpaired) electrons. The van der Waals surface area contributed by atoms with Crippen LogP contribution in [0.2, 0.25) is 0 Å². The molecule has 2 N–H and O–H groups in total. The van der Waals surface area contributed by atoms with Crippen molar-refractivity contribution >= 4 is 5.69 Å². The molecule has 0 aliphatic carbocycles. The summed E-state index contributed by atoms with van der Waals surface area (Å²) in [6.07, 6.45) is 5.12. The molecule has 2 rings (SSSR count). The maximum atomic E-state index is 12.7. The molecule has 0 spiro atoms. The average molecular weight is 216 g/mol. The van der Waals surface area contributed by atoms with Gasteiger partial charge < -0.3 is 5.73 Å². The average Bonchev–Trinajstić information content (AvgIpc) is 2.30. The fourth-order valence-corrected chi connectivity index (χ4v) is 1.58. The summed E-state index contributed by atoms with van der Waals surface area (Å²) >= 11 is 0. The zero-order valence-corrected chi connectivity index (χ0v) is 8.86. The van der Waals surface area contributed by atoms with Crippen molar-refractivity contribution in [3.05, 3.63) is 59.7 Å². The number of nitrogens with zero attached hydrogens (tertiary/aromatic N) is 1. The Bertz CT molecular complexity index is 466. The molecule has 0 unspecified atom stereocenters. The second-order valence-electron chi connectivity index (χ2n) is 3.70. The SMILES string of the molecule is Nc1ccncc1CCc1ccc(F)cc1. The standard InChI is InChI=1S/C13H13FN2/c14-12-5-2-10(3-6-12)1-4-11-9-16-8-7-13(11)15/h2-3,5-9H,1,4H2,(H2,15,16). The molecule has 0 saturated carbocycles. The van der Waals surface area contributed by atoms with Crippen molar-refractivity contribution in [1.82, 2.24) is 4.98 Å². The zero-order chi connectivity index (χ0) is 11.4. The number of benzene rings is 1. The van der Waals surface area contributed by atoms with Gasteiger partial charge in [0.05, 0.1) is 0 Å². The second kappa shape index (κ2) is 4.75. The third-order valence-electron chi connectivity index (χ3n) is 2.54. The number of aromatic nitrogens is 1. The Balaban J connectivity index is 2.02. The van der Waals surface area contributed by atoms with E-state index >= 15 is 0 Å². The molecule has 3 heteroatoms. The monoisotopic (exact) mass is 216 g/mol. The molecular formula is C13H13FN2. The number of anilines is 1. The maximum absolute atomic E-state index is 12.7. The molecular weight excluding hydrogens is 203 g/mol. The first-order valence-electron chi connectivity index (χ1n) is 5.18. The van der Waals surface area contributed by atoms with Gasteiger partial charge in [0.15, 0.2) is 0 Å². The molecule has 0 atom stereocenters. The quantitative estimate of drug-likeness (QED) is 0.856. The number of nitrogens with two attached hydrogens (primary N) is 1. The summed E-state index contributed by atoms with van der Waals surface area (Å²) in [5.41, 5.74) is 8.71. The van der Waals surface area contributed by atoms with Crippen LogP contribution >= 0.6 is 0 Å². The Kier molecular flexibility index (Phi) is 3.15. The third-order valence-corrected chi connectivity index (χ3v) is 2.54. The van der Waals surface area contributed by atoms with Gasteiger partial charge in [0.25, 0.3) is 0 Å². The molecule has 0 fully saturated rings. The summed E-state index contributed by atoms with van der Waals surface area (Å²) in [5, 5.41) is 0. The number of pyridine rings is 1. The van der Waals surface area contributed by atoms with Gasteiger partial charge in [-0.25, -0.2) is 4.39 Å². The predicted molar refractivity (Wildman–Crippen MR) is 62.5 cm³/mol. The highest BCUT2D eigenvalue weighted by molar-refractivity contribution is 5.44. The van der Waals surface area contributed by atoms with Crippen LogP contribution in [0, 0.1) is 5.82 Å². The lowest BCUT2D eigenvalue weighted by molar-refractivity contribution is 0.627. The van der Waals surface area contributed by atoms with Gasteiger partial charge in [-0.15, -0.1) is 0 Å². The maximum Gasteiger partial charge on any atom is 0.123 e. The molecule has 0 amide bonds. The van der Waals surface area contributed by atoms with Gasteiger partial charge in [-0.3, -0.25) is 4.98 Å². The molecule has 2 aromatic rings. The van der Waals surface area contributed by atoms with Gasteiger partial charge in [-0.05, 0) is 42.2 Å². The Morgan fingerprint density at radius 3 is 2.50 bits per heavy atom. The molecule has 16 heavy (non-hydrogen) atoms. The lowest BCUT2D eigenvalue weighted by Crippen LogP contribution is -1.97. The van der Waals surface area contributed by atoms with E-state index in [-0.39, 0.29) is 5.82 Å². The Hall–Kier alpha value is -1.90. The van der Waals surface area contributed by atoms with Gasteiger partial charge in [0.2, 0.25) is 0 Å². The molecule has 0 aliphatic heterocycles. The minimum Gasteiger partial charge on any atom is -0.398 e. The summed E-state index contributed by atoms with van der Waals surface area (Å²) in [6.45, 7) is 0. The van der Waals surface area contributed by atoms with E-state index in [1.54, 1.807) is 30.6 Å². The van der Waals surface area contributed by atoms with E-state index in [0.717, 1.165) is 29.7 Å². The molecule has 0 aliphatic rings. The predicted octanol–water partition coefficient (Wildman–Crippen LogP) is 2.59. The van der Waals surface area contributed by atoms with Crippen LogP contribution in [0.1, 0.15) is 11.1 Å². The first-order chi connectivity index (χ1) is 7.75. The Labute approximate surface area is 93.9 Å². The van der Waals surface area contributed by atoms with E-state index in [2.05, 4.69) is 4.98 Å². The number of aryl methyl sites for hydroxylation is 2. The highest BCUT2D eigenvalue weighted by Gasteiger charge is 2.00. The van der Waals surface area contributed by atoms with Crippen LogP contribution in [0.4, 0.5) is 10.1 Å². The normalized spacial score (nSPS) is 10.3. The van der Waals surface area contributed by atoms with Crippen LogP contribution in [-0.4, -0.2) is 4.98 Å². The number of nitrogen functional groups attached to an aromatic ring is 1. The van der Waals surface area contributed by atoms with Crippen molar-refractivity contribution < 1.29 is 4.39 Å². The van der Waals surface area contributed by atoms with E-state index in [0.29, 0.717) is 0 Å². The smallest absolute Gasteiger partial charge is 0.123 e. The minimum atomic E-state index is -0.204. The molecule has 82 valence electrons. The number of rotatable bonds is 3. The largest absolute Gasteiger partial charge is 0.398 e. The molecule has 1 heterocycles. The van der Waals surface area contributed by atoms with Crippen LogP contribution in [-0.2, 0) is 12.8 Å². The van der Waals surface area contributed by atoms with Crippen molar-refractivity contribution in [2.75, 3.05) is 5.73 Å². The van der Waals surface area contributed by atoms with Crippen LogP contribution in [0.25, 0.3) is 0 Å². The zero-order valence-electron chi connectivity index (χ0n) is 8.86. The van der Waals surface area contributed by atoms with Crippen molar-refractivity contribution in [3.8, 4) is 0 Å². The lowest BCUT2D eigenvalue weighted by atomic mass is 10.0. The van der Waals surface area contributed by atoms with Gasteiger partial charge in [0.1, 0.15) is 5.82 Å².